The summed E-state index contributed by atoms with van der Waals surface area (Å²) in [5.74, 6) is 0.923. The number of nitrogens with zero attached hydrogens (tertiary/aromatic N) is 6. The summed E-state index contributed by atoms with van der Waals surface area (Å²) in [6.45, 7) is 9.95. The van der Waals surface area contributed by atoms with Crippen LogP contribution in [-0.2, 0) is 25.4 Å². The number of aromatic nitrogens is 4. The van der Waals surface area contributed by atoms with Gasteiger partial charge in [0.2, 0.25) is 0 Å². The summed E-state index contributed by atoms with van der Waals surface area (Å²) < 4.78 is 9.68. The van der Waals surface area contributed by atoms with Crippen molar-refractivity contribution in [3.63, 3.8) is 0 Å². The van der Waals surface area contributed by atoms with Crippen LogP contribution in [0.5, 0.6) is 0 Å². The Morgan fingerprint density at radius 2 is 2.15 bits per heavy atom. The Bertz CT molecular complexity index is 783. The van der Waals surface area contributed by atoms with Gasteiger partial charge in [0.1, 0.15) is 6.10 Å². The normalized spacial score (nSPS) is 17.7. The number of rotatable bonds is 4. The Kier molecular flexibility index (Phi) is 7.66. The van der Waals surface area contributed by atoms with Crippen LogP contribution in [-0.4, -0.2) is 56.7 Å². The van der Waals surface area contributed by atoms with E-state index in [9.17, 15) is 0 Å². The van der Waals surface area contributed by atoms with Gasteiger partial charge in [0, 0.05) is 50.2 Å². The topological polar surface area (TPSA) is 72.5 Å². The first kappa shape index (κ1) is 21.7. The molecule has 150 valence electrons. The van der Waals surface area contributed by atoms with E-state index >= 15 is 0 Å². The molecule has 1 atom stereocenters. The first-order valence-electron chi connectivity index (χ1n) is 9.12. The quantitative estimate of drug-likeness (QED) is 0.406. The summed E-state index contributed by atoms with van der Waals surface area (Å²) in [6.07, 6.45) is 3.91. The molecule has 2 aromatic heterocycles. The number of nitrogens with one attached hydrogen (secondary N) is 1. The maximum Gasteiger partial charge on any atom is 0.194 e. The average Bonchev–Trinajstić information content (AvgIpc) is 3.16. The fourth-order valence-corrected chi connectivity index (χ4v) is 3.28. The van der Waals surface area contributed by atoms with E-state index in [4.69, 9.17) is 9.73 Å². The van der Waals surface area contributed by atoms with Crippen molar-refractivity contribution in [2.75, 3.05) is 26.2 Å². The number of halogens is 1. The lowest BCUT2D eigenvalue weighted by Gasteiger charge is -2.34. The summed E-state index contributed by atoms with van der Waals surface area (Å²) in [7, 11) is 3.90. The van der Waals surface area contributed by atoms with Gasteiger partial charge >= 0.3 is 0 Å². The molecule has 1 fully saturated rings. The first-order valence-corrected chi connectivity index (χ1v) is 9.12. The zero-order valence-corrected chi connectivity index (χ0v) is 19.1. The summed E-state index contributed by atoms with van der Waals surface area (Å²) in [4.78, 5) is 7.15. The number of hydrogen-bond donors (Lipinski definition) is 1. The van der Waals surface area contributed by atoms with Crippen LogP contribution >= 0.6 is 24.0 Å². The van der Waals surface area contributed by atoms with E-state index in [1.165, 1.54) is 5.56 Å². The minimum Gasteiger partial charge on any atom is -0.370 e. The number of hydrogen-bond acceptors (Lipinski definition) is 4. The molecule has 2 aromatic rings. The maximum atomic E-state index is 5.95. The van der Waals surface area contributed by atoms with E-state index in [-0.39, 0.29) is 30.1 Å². The zero-order chi connectivity index (χ0) is 18.7. The van der Waals surface area contributed by atoms with Crippen LogP contribution in [0.4, 0.5) is 0 Å². The van der Waals surface area contributed by atoms with E-state index in [0.29, 0.717) is 13.2 Å². The standard InChI is InChI=1S/C18H29N7O.HI/c1-6-19-18(20-10-16-13(2)22-24(5)14(16)3)25-7-8-26-17(12-25)15-9-21-23(4)11-15;/h9,11,17H,6-8,10,12H2,1-5H3,(H,19,20);1H. The van der Waals surface area contributed by atoms with Crippen molar-refractivity contribution < 1.29 is 4.74 Å². The van der Waals surface area contributed by atoms with Crippen molar-refractivity contribution >= 4 is 29.9 Å². The van der Waals surface area contributed by atoms with Crippen LogP contribution in [0.25, 0.3) is 0 Å². The SMILES string of the molecule is CCNC(=NCc1c(C)nn(C)c1C)N1CCOC(c2cnn(C)c2)C1.I. The van der Waals surface area contributed by atoms with Gasteiger partial charge < -0.3 is 15.0 Å². The van der Waals surface area contributed by atoms with Gasteiger partial charge in [-0.15, -0.1) is 24.0 Å². The number of ether oxygens (including phenoxy) is 1. The predicted molar refractivity (Wildman–Crippen MR) is 116 cm³/mol. The average molecular weight is 487 g/mol. The monoisotopic (exact) mass is 487 g/mol. The zero-order valence-electron chi connectivity index (χ0n) is 16.8. The minimum absolute atomic E-state index is 0. The second-order valence-corrected chi connectivity index (χ2v) is 6.70. The molecule has 9 heteroatoms. The highest BCUT2D eigenvalue weighted by molar-refractivity contribution is 14.0. The summed E-state index contributed by atoms with van der Waals surface area (Å²) in [6, 6.07) is 0. The van der Waals surface area contributed by atoms with Crippen LogP contribution in [0.15, 0.2) is 17.4 Å². The lowest BCUT2D eigenvalue weighted by atomic mass is 10.1. The van der Waals surface area contributed by atoms with Crippen molar-refractivity contribution in [1.29, 1.82) is 0 Å². The molecular formula is C18H30IN7O. The Hall–Kier alpha value is -1.62. The highest BCUT2D eigenvalue weighted by Crippen LogP contribution is 2.22. The number of aryl methyl sites for hydroxylation is 3. The molecule has 0 aliphatic carbocycles. The van der Waals surface area contributed by atoms with E-state index < -0.39 is 0 Å². The van der Waals surface area contributed by atoms with Crippen molar-refractivity contribution in [1.82, 2.24) is 29.8 Å². The van der Waals surface area contributed by atoms with Gasteiger partial charge in [-0.2, -0.15) is 10.2 Å². The van der Waals surface area contributed by atoms with E-state index in [2.05, 4.69) is 34.3 Å². The van der Waals surface area contributed by atoms with Gasteiger partial charge in [0.15, 0.2) is 5.96 Å². The maximum absolute atomic E-state index is 5.95. The van der Waals surface area contributed by atoms with E-state index in [1.807, 2.05) is 42.8 Å². The van der Waals surface area contributed by atoms with Crippen LogP contribution < -0.4 is 5.32 Å². The highest BCUT2D eigenvalue weighted by atomic mass is 127. The van der Waals surface area contributed by atoms with Gasteiger partial charge in [0.05, 0.1) is 31.6 Å². The lowest BCUT2D eigenvalue weighted by molar-refractivity contribution is -0.00805. The Balaban J connectivity index is 0.00000261. The summed E-state index contributed by atoms with van der Waals surface area (Å²) in [5.41, 5.74) is 4.50. The molecule has 3 rings (SSSR count). The van der Waals surface area contributed by atoms with Crippen molar-refractivity contribution in [2.24, 2.45) is 19.1 Å². The third kappa shape index (κ3) is 5.01. The van der Waals surface area contributed by atoms with Crippen LogP contribution in [0.3, 0.4) is 0 Å². The van der Waals surface area contributed by atoms with Gasteiger partial charge in [-0.1, -0.05) is 0 Å². The Morgan fingerprint density at radius 3 is 2.74 bits per heavy atom. The first-order chi connectivity index (χ1) is 12.5. The summed E-state index contributed by atoms with van der Waals surface area (Å²) in [5, 5.41) is 12.2. The smallest absolute Gasteiger partial charge is 0.194 e. The molecule has 1 saturated heterocycles. The molecule has 1 N–H and O–H groups in total. The molecule has 0 amide bonds. The number of aliphatic imine (C=N–C) groups is 1. The van der Waals surface area contributed by atoms with Gasteiger partial charge in [0.25, 0.3) is 0 Å². The van der Waals surface area contributed by atoms with E-state index in [0.717, 1.165) is 42.5 Å². The fraction of sp³-hybridized carbons (Fsp3) is 0.611. The molecule has 0 radical (unpaired) electrons. The highest BCUT2D eigenvalue weighted by Gasteiger charge is 2.25. The predicted octanol–water partition coefficient (Wildman–Crippen LogP) is 1.93. The number of morpholine rings is 1. The molecule has 1 unspecified atom stereocenters. The van der Waals surface area contributed by atoms with Crippen molar-refractivity contribution in [2.45, 2.75) is 33.4 Å². The van der Waals surface area contributed by atoms with E-state index in [1.54, 1.807) is 0 Å². The minimum atomic E-state index is 0. The molecule has 0 spiro atoms. The molecule has 0 saturated carbocycles. The van der Waals surface area contributed by atoms with Crippen molar-refractivity contribution in [3.8, 4) is 0 Å². The van der Waals surface area contributed by atoms with Gasteiger partial charge in [-0.25, -0.2) is 4.99 Å². The molecule has 27 heavy (non-hydrogen) atoms. The molecule has 1 aliphatic rings. The molecule has 8 nitrogen and oxygen atoms in total. The molecular weight excluding hydrogens is 457 g/mol. The largest absolute Gasteiger partial charge is 0.370 e. The fourth-order valence-electron chi connectivity index (χ4n) is 3.28. The Morgan fingerprint density at radius 1 is 1.37 bits per heavy atom. The summed E-state index contributed by atoms with van der Waals surface area (Å²) >= 11 is 0. The van der Waals surface area contributed by atoms with Crippen LogP contribution in [0.1, 0.15) is 35.5 Å². The van der Waals surface area contributed by atoms with Gasteiger partial charge in [-0.05, 0) is 20.8 Å². The lowest BCUT2D eigenvalue weighted by Crippen LogP contribution is -2.48. The molecule has 0 aromatic carbocycles. The second-order valence-electron chi connectivity index (χ2n) is 6.70. The van der Waals surface area contributed by atoms with Crippen LogP contribution in [0, 0.1) is 13.8 Å². The van der Waals surface area contributed by atoms with Crippen LogP contribution in [0.2, 0.25) is 0 Å². The molecule has 1 aliphatic heterocycles. The number of guanidine groups is 1. The molecule has 3 heterocycles. The third-order valence-electron chi connectivity index (χ3n) is 4.84. The third-order valence-corrected chi connectivity index (χ3v) is 4.84. The Labute approximate surface area is 178 Å². The second kappa shape index (κ2) is 9.54. The molecule has 0 bridgehead atoms. The van der Waals surface area contributed by atoms with Crippen molar-refractivity contribution in [3.05, 3.63) is 34.9 Å². The van der Waals surface area contributed by atoms with Gasteiger partial charge in [-0.3, -0.25) is 9.36 Å².